The van der Waals surface area contributed by atoms with E-state index in [1.54, 1.807) is 12.1 Å². The highest BCUT2D eigenvalue weighted by atomic mass is 19.1. The second-order valence-electron chi connectivity index (χ2n) is 4.16. The molecule has 0 aliphatic carbocycles. The Bertz CT molecular complexity index is 641. The number of aryl methyl sites for hydroxylation is 1. The molecule has 0 unspecified atom stereocenters. The van der Waals surface area contributed by atoms with Crippen LogP contribution in [0.15, 0.2) is 36.4 Å². The summed E-state index contributed by atoms with van der Waals surface area (Å²) >= 11 is 0. The number of rotatable bonds is 2. The van der Waals surface area contributed by atoms with Crippen molar-refractivity contribution < 1.29 is 13.6 Å². The summed E-state index contributed by atoms with van der Waals surface area (Å²) < 4.78 is 26.9. The number of nitrogens with one attached hydrogen (secondary N) is 1. The van der Waals surface area contributed by atoms with E-state index in [0.29, 0.717) is 5.69 Å². The Morgan fingerprint density at radius 2 is 1.89 bits per heavy atom. The van der Waals surface area contributed by atoms with Crippen LogP contribution in [0.3, 0.4) is 0 Å². The van der Waals surface area contributed by atoms with E-state index in [0.717, 1.165) is 12.1 Å². The van der Waals surface area contributed by atoms with Gasteiger partial charge in [0.15, 0.2) is 0 Å². The van der Waals surface area contributed by atoms with Crippen LogP contribution in [0.5, 0.6) is 0 Å². The fourth-order valence-corrected chi connectivity index (χ4v) is 1.62. The Labute approximate surface area is 109 Å². The highest BCUT2D eigenvalue weighted by molar-refractivity contribution is 6.04. The molecule has 98 valence electrons. The van der Waals surface area contributed by atoms with Gasteiger partial charge in [0.1, 0.15) is 11.6 Å². The Morgan fingerprint density at radius 3 is 2.58 bits per heavy atom. The molecule has 0 spiro atoms. The number of hydrogen-bond donors (Lipinski definition) is 2. The molecule has 3 N–H and O–H groups in total. The van der Waals surface area contributed by atoms with Crippen LogP contribution >= 0.6 is 0 Å². The van der Waals surface area contributed by atoms with E-state index >= 15 is 0 Å². The fourth-order valence-electron chi connectivity index (χ4n) is 1.62. The first-order valence-corrected chi connectivity index (χ1v) is 5.60. The molecule has 0 saturated carbocycles. The third kappa shape index (κ3) is 2.88. The summed E-state index contributed by atoms with van der Waals surface area (Å²) in [5.74, 6) is -1.81. The SMILES string of the molecule is Cc1cc(F)c(NC(=O)c2cccc(N)c2)cc1F. The summed E-state index contributed by atoms with van der Waals surface area (Å²) in [5.41, 5.74) is 6.23. The standard InChI is InChI=1S/C14H12F2N2O/c1-8-5-12(16)13(7-11(8)15)18-14(19)9-3-2-4-10(17)6-9/h2-7H,17H2,1H3,(H,18,19). The van der Waals surface area contributed by atoms with Crippen LogP contribution in [0.1, 0.15) is 15.9 Å². The van der Waals surface area contributed by atoms with E-state index in [9.17, 15) is 13.6 Å². The number of carbonyl (C=O) groups excluding carboxylic acids is 1. The highest BCUT2D eigenvalue weighted by Gasteiger charge is 2.12. The van der Waals surface area contributed by atoms with Crippen LogP contribution in [0.25, 0.3) is 0 Å². The minimum atomic E-state index is -0.684. The number of nitrogens with two attached hydrogens (primary N) is 1. The van der Waals surface area contributed by atoms with Crippen molar-refractivity contribution in [2.75, 3.05) is 11.1 Å². The molecule has 2 rings (SSSR count). The molecule has 0 aliphatic rings. The van der Waals surface area contributed by atoms with Gasteiger partial charge in [0.2, 0.25) is 0 Å². The van der Waals surface area contributed by atoms with Crippen molar-refractivity contribution >= 4 is 17.3 Å². The van der Waals surface area contributed by atoms with E-state index in [4.69, 9.17) is 5.73 Å². The summed E-state index contributed by atoms with van der Waals surface area (Å²) in [6, 6.07) is 8.21. The largest absolute Gasteiger partial charge is 0.399 e. The Morgan fingerprint density at radius 1 is 1.16 bits per heavy atom. The Balaban J connectivity index is 2.27. The van der Waals surface area contributed by atoms with Crippen LogP contribution < -0.4 is 11.1 Å². The molecule has 0 atom stereocenters. The number of anilines is 2. The summed E-state index contributed by atoms with van der Waals surface area (Å²) in [4.78, 5) is 11.9. The number of benzene rings is 2. The lowest BCUT2D eigenvalue weighted by molar-refractivity contribution is 0.102. The van der Waals surface area contributed by atoms with Crippen LogP contribution in [0, 0.1) is 18.6 Å². The second-order valence-corrected chi connectivity index (χ2v) is 4.16. The van der Waals surface area contributed by atoms with Crippen molar-refractivity contribution in [3.8, 4) is 0 Å². The van der Waals surface area contributed by atoms with Gasteiger partial charge in [0.05, 0.1) is 5.69 Å². The number of nitrogen functional groups attached to an aromatic ring is 1. The monoisotopic (exact) mass is 262 g/mol. The van der Waals surface area contributed by atoms with Gasteiger partial charge in [-0.05, 0) is 36.8 Å². The predicted octanol–water partition coefficient (Wildman–Crippen LogP) is 3.11. The van der Waals surface area contributed by atoms with Crippen LogP contribution in [-0.4, -0.2) is 5.91 Å². The van der Waals surface area contributed by atoms with Crippen molar-refractivity contribution in [3.63, 3.8) is 0 Å². The van der Waals surface area contributed by atoms with E-state index in [1.807, 2.05) is 0 Å². The maximum Gasteiger partial charge on any atom is 0.255 e. The molecule has 2 aromatic carbocycles. The van der Waals surface area contributed by atoms with Gasteiger partial charge in [-0.3, -0.25) is 4.79 Å². The molecular formula is C14H12F2N2O. The van der Waals surface area contributed by atoms with Crippen LogP contribution in [0.4, 0.5) is 20.2 Å². The molecule has 3 nitrogen and oxygen atoms in total. The van der Waals surface area contributed by atoms with Crippen molar-refractivity contribution in [2.45, 2.75) is 6.92 Å². The zero-order valence-electron chi connectivity index (χ0n) is 10.2. The van der Waals surface area contributed by atoms with Gasteiger partial charge in [-0.25, -0.2) is 8.78 Å². The van der Waals surface area contributed by atoms with Gasteiger partial charge < -0.3 is 11.1 Å². The summed E-state index contributed by atoms with van der Waals surface area (Å²) in [5, 5.41) is 2.31. The maximum absolute atomic E-state index is 13.6. The zero-order valence-corrected chi connectivity index (χ0v) is 10.2. The molecule has 2 aromatic rings. The molecule has 0 fully saturated rings. The average molecular weight is 262 g/mol. The smallest absolute Gasteiger partial charge is 0.255 e. The van der Waals surface area contributed by atoms with Crippen molar-refractivity contribution in [2.24, 2.45) is 0 Å². The quantitative estimate of drug-likeness (QED) is 0.817. The van der Waals surface area contributed by atoms with E-state index in [2.05, 4.69) is 5.32 Å². The minimum absolute atomic E-state index is 0.180. The van der Waals surface area contributed by atoms with Gasteiger partial charge >= 0.3 is 0 Å². The van der Waals surface area contributed by atoms with Gasteiger partial charge in [-0.15, -0.1) is 0 Å². The summed E-state index contributed by atoms with van der Waals surface area (Å²) in [7, 11) is 0. The first-order chi connectivity index (χ1) is 8.97. The number of amides is 1. The fraction of sp³-hybridized carbons (Fsp3) is 0.0714. The maximum atomic E-state index is 13.6. The molecule has 1 amide bonds. The number of carbonyl (C=O) groups is 1. The summed E-state index contributed by atoms with van der Waals surface area (Å²) in [6.07, 6.45) is 0. The van der Waals surface area contributed by atoms with E-state index in [-0.39, 0.29) is 16.8 Å². The van der Waals surface area contributed by atoms with Gasteiger partial charge in [-0.1, -0.05) is 6.07 Å². The normalized spacial score (nSPS) is 10.3. The molecule has 5 heteroatoms. The zero-order chi connectivity index (χ0) is 14.0. The molecule has 0 aromatic heterocycles. The average Bonchev–Trinajstić information content (AvgIpc) is 2.36. The minimum Gasteiger partial charge on any atom is -0.399 e. The predicted molar refractivity (Wildman–Crippen MR) is 69.9 cm³/mol. The molecule has 0 radical (unpaired) electrons. The second kappa shape index (κ2) is 5.06. The first-order valence-electron chi connectivity index (χ1n) is 5.60. The Hall–Kier alpha value is -2.43. The van der Waals surface area contributed by atoms with Crippen LogP contribution in [-0.2, 0) is 0 Å². The van der Waals surface area contributed by atoms with E-state index in [1.165, 1.54) is 19.1 Å². The van der Waals surface area contributed by atoms with E-state index < -0.39 is 17.5 Å². The molecular weight excluding hydrogens is 250 g/mol. The van der Waals surface area contributed by atoms with Crippen molar-refractivity contribution in [1.29, 1.82) is 0 Å². The number of hydrogen-bond acceptors (Lipinski definition) is 2. The van der Waals surface area contributed by atoms with Gasteiger partial charge in [-0.2, -0.15) is 0 Å². The molecule has 19 heavy (non-hydrogen) atoms. The Kier molecular flexibility index (Phi) is 3.46. The topological polar surface area (TPSA) is 55.1 Å². The number of halogens is 2. The molecule has 0 heterocycles. The van der Waals surface area contributed by atoms with Crippen molar-refractivity contribution in [1.82, 2.24) is 0 Å². The lowest BCUT2D eigenvalue weighted by atomic mass is 10.1. The molecule has 0 bridgehead atoms. The van der Waals surface area contributed by atoms with Gasteiger partial charge in [0, 0.05) is 17.3 Å². The van der Waals surface area contributed by atoms with Crippen LogP contribution in [0.2, 0.25) is 0 Å². The van der Waals surface area contributed by atoms with Crippen molar-refractivity contribution in [3.05, 3.63) is 59.2 Å². The lowest BCUT2D eigenvalue weighted by Gasteiger charge is -2.08. The third-order valence-electron chi connectivity index (χ3n) is 2.65. The molecule has 0 aliphatic heterocycles. The van der Waals surface area contributed by atoms with Gasteiger partial charge in [0.25, 0.3) is 5.91 Å². The highest BCUT2D eigenvalue weighted by Crippen LogP contribution is 2.20. The first kappa shape index (κ1) is 13.0. The third-order valence-corrected chi connectivity index (χ3v) is 2.65. The lowest BCUT2D eigenvalue weighted by Crippen LogP contribution is -2.13. The summed E-state index contributed by atoms with van der Waals surface area (Å²) in [6.45, 7) is 1.45. The molecule has 0 saturated heterocycles.